The van der Waals surface area contributed by atoms with Crippen LogP contribution < -0.4 is 10.1 Å². The van der Waals surface area contributed by atoms with Crippen LogP contribution in [0.2, 0.25) is 0 Å². The average molecular weight is 370 g/mol. The van der Waals surface area contributed by atoms with Gasteiger partial charge in [0.25, 0.3) is 5.91 Å². The van der Waals surface area contributed by atoms with Crippen molar-refractivity contribution in [2.75, 3.05) is 18.5 Å². The minimum atomic E-state index is -0.706. The van der Waals surface area contributed by atoms with Crippen molar-refractivity contribution in [3.63, 3.8) is 0 Å². The van der Waals surface area contributed by atoms with Crippen LogP contribution in [-0.4, -0.2) is 24.7 Å². The Labute approximate surface area is 162 Å². The van der Waals surface area contributed by atoms with Gasteiger partial charge in [0.2, 0.25) is 0 Å². The molecule has 0 atom stereocenters. The van der Waals surface area contributed by atoms with Gasteiger partial charge in [-0.3, -0.25) is 4.79 Å². The second-order valence-electron chi connectivity index (χ2n) is 7.57. The summed E-state index contributed by atoms with van der Waals surface area (Å²) < 4.78 is 11.9. The Morgan fingerprint density at radius 1 is 1.11 bits per heavy atom. The van der Waals surface area contributed by atoms with Gasteiger partial charge in [-0.05, 0) is 57.1 Å². The van der Waals surface area contributed by atoms with Gasteiger partial charge in [-0.1, -0.05) is 38.1 Å². The fourth-order valence-corrected chi connectivity index (χ4v) is 3.86. The third-order valence-electron chi connectivity index (χ3n) is 5.51. The highest BCUT2D eigenvalue weighted by atomic mass is 16.5. The number of nitrogens with one attached hydrogen (secondary N) is 1. The van der Waals surface area contributed by atoms with E-state index >= 15 is 0 Å². The summed E-state index contributed by atoms with van der Waals surface area (Å²) in [6.45, 7) is 7.54. The molecule has 0 aliphatic heterocycles. The molecule has 0 spiro atoms. The van der Waals surface area contributed by atoms with Crippen LogP contribution in [0.4, 0.5) is 5.69 Å². The molecule has 0 aromatic heterocycles. The summed E-state index contributed by atoms with van der Waals surface area (Å²) in [4.78, 5) is 13.3. The molecule has 3 rings (SSSR count). The number of amides is 1. The molecule has 1 N–H and O–H groups in total. The Kier molecular flexibility index (Phi) is 6.38. The van der Waals surface area contributed by atoms with Crippen molar-refractivity contribution < 1.29 is 14.3 Å². The van der Waals surface area contributed by atoms with E-state index in [2.05, 4.69) is 19.2 Å². The van der Waals surface area contributed by atoms with Crippen LogP contribution in [0.3, 0.4) is 0 Å². The monoisotopic (exact) mass is 369 g/mol. The van der Waals surface area contributed by atoms with E-state index in [1.54, 1.807) is 0 Å². The van der Waals surface area contributed by atoms with Gasteiger partial charge in [-0.2, -0.15) is 0 Å². The normalized spacial score (nSPS) is 22.6. The van der Waals surface area contributed by atoms with Crippen LogP contribution in [0.25, 0.3) is 10.8 Å². The molecule has 0 saturated heterocycles. The highest BCUT2D eigenvalue weighted by Crippen LogP contribution is 2.37. The van der Waals surface area contributed by atoms with E-state index in [0.717, 1.165) is 54.3 Å². The maximum Gasteiger partial charge on any atom is 0.256 e. The van der Waals surface area contributed by atoms with Gasteiger partial charge in [0, 0.05) is 23.1 Å². The van der Waals surface area contributed by atoms with Crippen molar-refractivity contribution in [3.05, 3.63) is 36.4 Å². The molecule has 1 amide bonds. The van der Waals surface area contributed by atoms with E-state index in [0.29, 0.717) is 19.1 Å². The average Bonchev–Trinajstić information content (AvgIpc) is 2.70. The maximum atomic E-state index is 13.3. The first-order chi connectivity index (χ1) is 13.1. The SMILES string of the molecule is CCCOC1(C(=O)Nc2ccc(OCC)c3ccccc23)CCC(C)CC1. The second-order valence-corrected chi connectivity index (χ2v) is 7.57. The Morgan fingerprint density at radius 2 is 1.81 bits per heavy atom. The van der Waals surface area contributed by atoms with Crippen LogP contribution in [0.1, 0.15) is 52.9 Å². The molecule has 0 bridgehead atoms. The van der Waals surface area contributed by atoms with Gasteiger partial charge in [-0.15, -0.1) is 0 Å². The fourth-order valence-electron chi connectivity index (χ4n) is 3.86. The summed E-state index contributed by atoms with van der Waals surface area (Å²) in [6, 6.07) is 11.9. The van der Waals surface area contributed by atoms with Crippen molar-refractivity contribution in [3.8, 4) is 5.75 Å². The van der Waals surface area contributed by atoms with Gasteiger partial charge in [0.15, 0.2) is 0 Å². The molecule has 1 saturated carbocycles. The Hall–Kier alpha value is -2.07. The predicted octanol–water partition coefficient (Wildman–Crippen LogP) is 5.55. The minimum Gasteiger partial charge on any atom is -0.493 e. The van der Waals surface area contributed by atoms with Crippen molar-refractivity contribution in [2.24, 2.45) is 5.92 Å². The Balaban J connectivity index is 1.89. The van der Waals surface area contributed by atoms with Crippen molar-refractivity contribution in [1.82, 2.24) is 0 Å². The lowest BCUT2D eigenvalue weighted by atomic mass is 9.78. The molecule has 2 aromatic rings. The zero-order valence-electron chi connectivity index (χ0n) is 16.7. The molecule has 4 heteroatoms. The van der Waals surface area contributed by atoms with Gasteiger partial charge in [-0.25, -0.2) is 0 Å². The molecule has 27 heavy (non-hydrogen) atoms. The molecule has 2 aromatic carbocycles. The number of rotatable bonds is 7. The predicted molar refractivity (Wildman–Crippen MR) is 110 cm³/mol. The first-order valence-corrected chi connectivity index (χ1v) is 10.2. The lowest BCUT2D eigenvalue weighted by Gasteiger charge is -2.38. The summed E-state index contributed by atoms with van der Waals surface area (Å²) in [5.41, 5.74) is 0.111. The molecule has 146 valence electrons. The van der Waals surface area contributed by atoms with Gasteiger partial charge in [0.1, 0.15) is 11.4 Å². The van der Waals surface area contributed by atoms with Crippen LogP contribution in [0.15, 0.2) is 36.4 Å². The number of carbonyl (C=O) groups excluding carboxylic acids is 1. The summed E-state index contributed by atoms with van der Waals surface area (Å²) in [7, 11) is 0. The minimum absolute atomic E-state index is 0.0165. The highest BCUT2D eigenvalue weighted by molar-refractivity contribution is 6.06. The number of benzene rings is 2. The topological polar surface area (TPSA) is 47.6 Å². The molecular weight excluding hydrogens is 338 g/mol. The molecule has 0 heterocycles. The highest BCUT2D eigenvalue weighted by Gasteiger charge is 2.42. The Morgan fingerprint density at radius 3 is 2.48 bits per heavy atom. The van der Waals surface area contributed by atoms with Crippen LogP contribution in [0.5, 0.6) is 5.75 Å². The van der Waals surface area contributed by atoms with E-state index < -0.39 is 5.60 Å². The molecule has 1 aliphatic rings. The van der Waals surface area contributed by atoms with Crippen molar-refractivity contribution >= 4 is 22.4 Å². The van der Waals surface area contributed by atoms with Crippen molar-refractivity contribution in [1.29, 1.82) is 0 Å². The van der Waals surface area contributed by atoms with Crippen LogP contribution >= 0.6 is 0 Å². The molecular formula is C23H31NO3. The van der Waals surface area contributed by atoms with E-state index in [1.165, 1.54) is 0 Å². The first-order valence-electron chi connectivity index (χ1n) is 10.2. The van der Waals surface area contributed by atoms with Crippen LogP contribution in [-0.2, 0) is 9.53 Å². The summed E-state index contributed by atoms with van der Waals surface area (Å²) in [6.07, 6.45) is 4.54. The van der Waals surface area contributed by atoms with Crippen molar-refractivity contribution in [2.45, 2.75) is 58.5 Å². The Bertz CT molecular complexity index is 773. The van der Waals surface area contributed by atoms with Gasteiger partial charge < -0.3 is 14.8 Å². The largest absolute Gasteiger partial charge is 0.493 e. The molecule has 1 aliphatic carbocycles. The lowest BCUT2D eigenvalue weighted by molar-refractivity contribution is -0.147. The number of carbonyl (C=O) groups is 1. The lowest BCUT2D eigenvalue weighted by Crippen LogP contribution is -2.48. The third-order valence-corrected chi connectivity index (χ3v) is 5.51. The molecule has 0 radical (unpaired) electrons. The molecule has 0 unspecified atom stereocenters. The fraction of sp³-hybridized carbons (Fsp3) is 0.522. The van der Waals surface area contributed by atoms with Crippen LogP contribution in [0, 0.1) is 5.92 Å². The zero-order valence-corrected chi connectivity index (χ0v) is 16.7. The standard InChI is InChI=1S/C23H31NO3/c1-4-16-27-23(14-12-17(3)13-15-23)22(25)24-20-10-11-21(26-5-2)19-9-7-6-8-18(19)20/h6-11,17H,4-5,12-16H2,1-3H3,(H,24,25). The number of fused-ring (bicyclic) bond motifs is 1. The number of hydrogen-bond donors (Lipinski definition) is 1. The van der Waals surface area contributed by atoms with Gasteiger partial charge in [0.05, 0.1) is 6.61 Å². The van der Waals surface area contributed by atoms with E-state index in [9.17, 15) is 4.79 Å². The summed E-state index contributed by atoms with van der Waals surface area (Å²) >= 11 is 0. The zero-order chi connectivity index (χ0) is 19.3. The summed E-state index contributed by atoms with van der Waals surface area (Å²) in [5.74, 6) is 1.48. The number of ether oxygens (including phenoxy) is 2. The second kappa shape index (κ2) is 8.75. The smallest absolute Gasteiger partial charge is 0.256 e. The summed E-state index contributed by atoms with van der Waals surface area (Å²) in [5, 5.41) is 5.17. The molecule has 1 fully saturated rings. The van der Waals surface area contributed by atoms with E-state index in [1.807, 2.05) is 43.3 Å². The number of anilines is 1. The first kappa shape index (κ1) is 19.7. The number of hydrogen-bond acceptors (Lipinski definition) is 3. The quantitative estimate of drug-likeness (QED) is 0.696. The van der Waals surface area contributed by atoms with E-state index in [4.69, 9.17) is 9.47 Å². The van der Waals surface area contributed by atoms with Gasteiger partial charge >= 0.3 is 0 Å². The molecule has 4 nitrogen and oxygen atoms in total. The third kappa shape index (κ3) is 4.27. The van der Waals surface area contributed by atoms with E-state index in [-0.39, 0.29) is 5.91 Å². The maximum absolute atomic E-state index is 13.3.